The van der Waals surface area contributed by atoms with Gasteiger partial charge in [-0.1, -0.05) is 37.0 Å². The maximum atomic E-state index is 10.6. The lowest BCUT2D eigenvalue weighted by Gasteiger charge is -2.26. The van der Waals surface area contributed by atoms with Gasteiger partial charge in [0.1, 0.15) is 0 Å². The van der Waals surface area contributed by atoms with Crippen molar-refractivity contribution in [1.82, 2.24) is 4.98 Å². The smallest absolute Gasteiger partial charge is 0.185 e. The van der Waals surface area contributed by atoms with Gasteiger partial charge < -0.3 is 4.90 Å². The van der Waals surface area contributed by atoms with Crippen LogP contribution in [-0.4, -0.2) is 24.4 Å². The van der Waals surface area contributed by atoms with Gasteiger partial charge >= 0.3 is 0 Å². The predicted molar refractivity (Wildman–Crippen MR) is 67.4 cm³/mol. The third-order valence-electron chi connectivity index (χ3n) is 3.30. The fourth-order valence-corrected chi connectivity index (χ4v) is 3.06. The van der Waals surface area contributed by atoms with E-state index in [-0.39, 0.29) is 0 Å². The Labute approximate surface area is 100 Å². The van der Waals surface area contributed by atoms with Gasteiger partial charge in [-0.3, -0.25) is 4.79 Å². The first-order valence-corrected chi connectivity index (χ1v) is 6.77. The van der Waals surface area contributed by atoms with Gasteiger partial charge in [-0.15, -0.1) is 0 Å². The van der Waals surface area contributed by atoms with Gasteiger partial charge in [-0.05, 0) is 12.8 Å². The van der Waals surface area contributed by atoms with Gasteiger partial charge in [-0.25, -0.2) is 4.98 Å². The topological polar surface area (TPSA) is 33.2 Å². The number of anilines is 1. The average Bonchev–Trinajstić information content (AvgIpc) is 2.62. The summed E-state index contributed by atoms with van der Waals surface area (Å²) in [5, 5.41) is 0.981. The number of carbonyl (C=O) groups is 1. The lowest BCUT2D eigenvalue weighted by atomic mass is 10.1. The minimum absolute atomic E-state index is 0.605. The summed E-state index contributed by atoms with van der Waals surface area (Å²) in [6.07, 6.45) is 10.4. The van der Waals surface area contributed by atoms with Gasteiger partial charge in [0.2, 0.25) is 0 Å². The molecule has 3 nitrogen and oxygen atoms in total. The predicted octanol–water partition coefficient (Wildman–Crippen LogP) is 3.11. The van der Waals surface area contributed by atoms with Crippen molar-refractivity contribution in [2.75, 3.05) is 11.9 Å². The van der Waals surface area contributed by atoms with Crippen molar-refractivity contribution < 1.29 is 4.79 Å². The molecule has 0 bridgehead atoms. The standard InChI is InChI=1S/C12H18N2OS/c1-14(10-6-4-2-3-5-7-10)12-13-8-11(9-15)16-12/h8-10H,2-7H2,1H3. The molecule has 0 unspecified atom stereocenters. The van der Waals surface area contributed by atoms with Crippen molar-refractivity contribution >= 4 is 22.8 Å². The number of hydrogen-bond acceptors (Lipinski definition) is 4. The Morgan fingerprint density at radius 1 is 1.38 bits per heavy atom. The van der Waals surface area contributed by atoms with Crippen LogP contribution in [0.3, 0.4) is 0 Å². The van der Waals surface area contributed by atoms with E-state index < -0.39 is 0 Å². The highest BCUT2D eigenvalue weighted by molar-refractivity contribution is 7.17. The summed E-state index contributed by atoms with van der Waals surface area (Å²) in [5.74, 6) is 0. The van der Waals surface area contributed by atoms with Crippen molar-refractivity contribution in [1.29, 1.82) is 0 Å². The van der Waals surface area contributed by atoms with E-state index >= 15 is 0 Å². The summed E-state index contributed by atoms with van der Waals surface area (Å²) in [6.45, 7) is 0. The van der Waals surface area contributed by atoms with E-state index in [1.54, 1.807) is 6.20 Å². The summed E-state index contributed by atoms with van der Waals surface area (Å²) in [5.41, 5.74) is 0. The Morgan fingerprint density at radius 3 is 2.62 bits per heavy atom. The Bertz CT molecular complexity index is 343. The maximum Gasteiger partial charge on any atom is 0.185 e. The minimum atomic E-state index is 0.605. The summed E-state index contributed by atoms with van der Waals surface area (Å²) in [4.78, 5) is 17.9. The number of carbonyl (C=O) groups excluding carboxylic acids is 1. The normalized spacial score (nSPS) is 18.1. The van der Waals surface area contributed by atoms with Crippen LogP contribution in [0.1, 0.15) is 48.2 Å². The second kappa shape index (κ2) is 5.43. The second-order valence-electron chi connectivity index (χ2n) is 4.42. The number of aldehydes is 1. The van der Waals surface area contributed by atoms with Gasteiger partial charge in [0.15, 0.2) is 11.4 Å². The second-order valence-corrected chi connectivity index (χ2v) is 5.46. The molecule has 4 heteroatoms. The molecule has 0 atom stereocenters. The molecule has 0 spiro atoms. The van der Waals surface area contributed by atoms with Crippen LogP contribution in [-0.2, 0) is 0 Å². The lowest BCUT2D eigenvalue weighted by Crippen LogP contribution is -2.30. The van der Waals surface area contributed by atoms with Crippen molar-refractivity contribution in [2.24, 2.45) is 0 Å². The van der Waals surface area contributed by atoms with Gasteiger partial charge in [0.25, 0.3) is 0 Å². The highest BCUT2D eigenvalue weighted by Gasteiger charge is 2.19. The SMILES string of the molecule is CN(c1ncc(C=O)s1)C1CCCCCC1. The van der Waals surface area contributed by atoms with Crippen LogP contribution < -0.4 is 4.90 Å². The third kappa shape index (κ3) is 2.61. The molecule has 0 radical (unpaired) electrons. The highest BCUT2D eigenvalue weighted by atomic mass is 32.1. The molecule has 1 heterocycles. The molecule has 0 amide bonds. The number of nitrogens with zero attached hydrogens (tertiary/aromatic N) is 2. The van der Waals surface area contributed by atoms with Crippen LogP contribution in [0.5, 0.6) is 0 Å². The summed E-state index contributed by atoms with van der Waals surface area (Å²) in [7, 11) is 2.10. The molecule has 1 aliphatic carbocycles. The van der Waals surface area contributed by atoms with E-state index in [9.17, 15) is 4.79 Å². The molecular formula is C12H18N2OS. The number of hydrogen-bond donors (Lipinski definition) is 0. The van der Waals surface area contributed by atoms with Gasteiger partial charge in [0.05, 0.1) is 11.1 Å². The van der Waals surface area contributed by atoms with Crippen molar-refractivity contribution in [2.45, 2.75) is 44.6 Å². The molecule has 88 valence electrons. The molecule has 16 heavy (non-hydrogen) atoms. The van der Waals surface area contributed by atoms with Crippen LogP contribution >= 0.6 is 11.3 Å². The van der Waals surface area contributed by atoms with Crippen molar-refractivity contribution in [3.63, 3.8) is 0 Å². The number of rotatable bonds is 3. The molecule has 1 fully saturated rings. The summed E-state index contributed by atoms with van der Waals surface area (Å²) in [6, 6.07) is 0.605. The third-order valence-corrected chi connectivity index (χ3v) is 4.31. The quantitative estimate of drug-likeness (QED) is 0.599. The first-order valence-electron chi connectivity index (χ1n) is 5.95. The van der Waals surface area contributed by atoms with E-state index in [2.05, 4.69) is 16.9 Å². The average molecular weight is 238 g/mol. The van der Waals surface area contributed by atoms with E-state index in [1.807, 2.05) is 0 Å². The summed E-state index contributed by atoms with van der Waals surface area (Å²) < 4.78 is 0. The molecule has 2 rings (SSSR count). The minimum Gasteiger partial charge on any atom is -0.348 e. The van der Waals surface area contributed by atoms with E-state index in [1.165, 1.54) is 49.9 Å². The fourth-order valence-electron chi connectivity index (χ4n) is 2.30. The molecule has 1 aromatic heterocycles. The van der Waals surface area contributed by atoms with Crippen molar-refractivity contribution in [3.8, 4) is 0 Å². The largest absolute Gasteiger partial charge is 0.348 e. The Balaban J connectivity index is 2.04. The van der Waals surface area contributed by atoms with E-state index in [0.717, 1.165) is 16.3 Å². The Kier molecular flexibility index (Phi) is 3.93. The molecular weight excluding hydrogens is 220 g/mol. The van der Waals surface area contributed by atoms with E-state index in [4.69, 9.17) is 0 Å². The first-order chi connectivity index (χ1) is 7.81. The molecule has 0 N–H and O–H groups in total. The lowest BCUT2D eigenvalue weighted by molar-refractivity contribution is 0.112. The summed E-state index contributed by atoms with van der Waals surface area (Å²) >= 11 is 1.49. The zero-order valence-corrected chi connectivity index (χ0v) is 10.5. The Hall–Kier alpha value is -0.900. The van der Waals surface area contributed by atoms with Crippen LogP contribution in [0.25, 0.3) is 0 Å². The van der Waals surface area contributed by atoms with Crippen LogP contribution in [0.4, 0.5) is 5.13 Å². The molecule has 0 aromatic carbocycles. The zero-order chi connectivity index (χ0) is 11.4. The molecule has 1 aliphatic rings. The number of thiazole rings is 1. The zero-order valence-electron chi connectivity index (χ0n) is 9.69. The fraction of sp³-hybridized carbons (Fsp3) is 0.667. The highest BCUT2D eigenvalue weighted by Crippen LogP contribution is 2.27. The molecule has 0 saturated heterocycles. The van der Waals surface area contributed by atoms with Gasteiger partial charge in [0, 0.05) is 13.1 Å². The van der Waals surface area contributed by atoms with E-state index in [0.29, 0.717) is 6.04 Å². The first kappa shape index (κ1) is 11.6. The monoisotopic (exact) mass is 238 g/mol. The van der Waals surface area contributed by atoms with Crippen molar-refractivity contribution in [3.05, 3.63) is 11.1 Å². The Morgan fingerprint density at radius 2 is 2.06 bits per heavy atom. The molecule has 0 aliphatic heterocycles. The maximum absolute atomic E-state index is 10.6. The van der Waals surface area contributed by atoms with Crippen LogP contribution in [0.15, 0.2) is 6.20 Å². The molecule has 1 aromatic rings. The molecule has 1 saturated carbocycles. The van der Waals surface area contributed by atoms with Crippen LogP contribution in [0.2, 0.25) is 0 Å². The van der Waals surface area contributed by atoms with Gasteiger partial charge in [-0.2, -0.15) is 0 Å². The number of aromatic nitrogens is 1. The van der Waals surface area contributed by atoms with Crippen LogP contribution in [0, 0.1) is 0 Å².